The van der Waals surface area contributed by atoms with E-state index in [4.69, 9.17) is 14.2 Å². The first-order chi connectivity index (χ1) is 11.6. The van der Waals surface area contributed by atoms with Gasteiger partial charge in [0.15, 0.2) is 6.61 Å². The molecular weight excluding hydrogens is 317 g/mol. The van der Waals surface area contributed by atoms with Crippen molar-refractivity contribution in [3.63, 3.8) is 0 Å². The van der Waals surface area contributed by atoms with E-state index in [-0.39, 0.29) is 24.3 Å². The summed E-state index contributed by atoms with van der Waals surface area (Å²) in [7, 11) is 0. The van der Waals surface area contributed by atoms with Crippen LogP contribution in [0.5, 0.6) is 17.6 Å². The number of halogens is 1. The van der Waals surface area contributed by atoms with Gasteiger partial charge in [-0.25, -0.2) is 9.37 Å². The van der Waals surface area contributed by atoms with Crippen LogP contribution in [0.4, 0.5) is 10.1 Å². The van der Waals surface area contributed by atoms with Crippen LogP contribution in [0.3, 0.4) is 0 Å². The number of carbonyl (C=O) groups is 1. The van der Waals surface area contributed by atoms with Gasteiger partial charge in [-0.15, -0.1) is 0 Å². The van der Waals surface area contributed by atoms with E-state index in [1.54, 1.807) is 6.92 Å². The Bertz CT molecular complexity index is 680. The molecule has 128 valence electrons. The van der Waals surface area contributed by atoms with Crippen LogP contribution in [-0.2, 0) is 4.79 Å². The molecule has 0 saturated carbocycles. The van der Waals surface area contributed by atoms with Gasteiger partial charge in [0.25, 0.3) is 5.91 Å². The molecule has 2 rings (SSSR count). The van der Waals surface area contributed by atoms with Crippen LogP contribution in [0.1, 0.15) is 13.8 Å². The zero-order valence-corrected chi connectivity index (χ0v) is 13.4. The molecule has 0 aliphatic heterocycles. The molecule has 1 amide bonds. The molecule has 1 heterocycles. The summed E-state index contributed by atoms with van der Waals surface area (Å²) in [6.45, 7) is 4.16. The van der Waals surface area contributed by atoms with Crippen LogP contribution in [-0.4, -0.2) is 35.7 Å². The SMILES string of the molecule is CCOc1ncc(NC(=O)COc2ccc(F)cc2)c(OCC)n1. The molecule has 0 atom stereocenters. The van der Waals surface area contributed by atoms with Crippen molar-refractivity contribution in [2.75, 3.05) is 25.1 Å². The molecule has 0 bridgehead atoms. The standard InChI is InChI=1S/C16H18FN3O4/c1-3-22-15-13(9-18-16(20-15)23-4-2)19-14(21)10-24-12-7-5-11(17)6-8-12/h5-9H,3-4,10H2,1-2H3,(H,19,21). The van der Waals surface area contributed by atoms with E-state index in [1.165, 1.54) is 30.5 Å². The molecule has 1 N–H and O–H groups in total. The summed E-state index contributed by atoms with van der Waals surface area (Å²) in [4.78, 5) is 20.0. The molecule has 0 fully saturated rings. The molecule has 1 aromatic carbocycles. The number of rotatable bonds is 8. The summed E-state index contributed by atoms with van der Waals surface area (Å²) in [5.74, 6) is -0.196. The first-order valence-corrected chi connectivity index (χ1v) is 7.43. The molecule has 0 saturated heterocycles. The van der Waals surface area contributed by atoms with Crippen LogP contribution in [0.2, 0.25) is 0 Å². The van der Waals surface area contributed by atoms with E-state index in [2.05, 4.69) is 15.3 Å². The lowest BCUT2D eigenvalue weighted by Gasteiger charge is -2.12. The van der Waals surface area contributed by atoms with Gasteiger partial charge in [-0.05, 0) is 38.1 Å². The number of anilines is 1. The lowest BCUT2D eigenvalue weighted by atomic mass is 10.3. The van der Waals surface area contributed by atoms with Crippen LogP contribution < -0.4 is 19.5 Å². The zero-order chi connectivity index (χ0) is 17.4. The highest BCUT2D eigenvalue weighted by Gasteiger charge is 2.12. The maximum Gasteiger partial charge on any atom is 0.319 e. The van der Waals surface area contributed by atoms with E-state index in [0.29, 0.717) is 24.7 Å². The van der Waals surface area contributed by atoms with Gasteiger partial charge in [-0.2, -0.15) is 4.98 Å². The quantitative estimate of drug-likeness (QED) is 0.798. The second-order valence-electron chi connectivity index (χ2n) is 4.53. The molecule has 8 heteroatoms. The Morgan fingerprint density at radius 2 is 1.83 bits per heavy atom. The molecule has 1 aromatic heterocycles. The van der Waals surface area contributed by atoms with Crippen molar-refractivity contribution in [1.82, 2.24) is 9.97 Å². The van der Waals surface area contributed by atoms with Gasteiger partial charge in [-0.1, -0.05) is 0 Å². The number of ether oxygens (including phenoxy) is 3. The van der Waals surface area contributed by atoms with Gasteiger partial charge < -0.3 is 19.5 Å². The van der Waals surface area contributed by atoms with Gasteiger partial charge in [0.2, 0.25) is 5.88 Å². The summed E-state index contributed by atoms with van der Waals surface area (Å²) in [5, 5.41) is 2.60. The first-order valence-electron chi connectivity index (χ1n) is 7.43. The summed E-state index contributed by atoms with van der Waals surface area (Å²) in [6, 6.07) is 5.55. The van der Waals surface area contributed by atoms with Gasteiger partial charge >= 0.3 is 6.01 Å². The van der Waals surface area contributed by atoms with E-state index in [0.717, 1.165) is 0 Å². The molecule has 7 nitrogen and oxygen atoms in total. The summed E-state index contributed by atoms with van der Waals surface area (Å²) < 4.78 is 28.6. The normalized spacial score (nSPS) is 10.1. The van der Waals surface area contributed by atoms with Gasteiger partial charge in [0.1, 0.15) is 17.3 Å². The van der Waals surface area contributed by atoms with Gasteiger partial charge in [0, 0.05) is 0 Å². The Kier molecular flexibility index (Phi) is 6.30. The lowest BCUT2D eigenvalue weighted by molar-refractivity contribution is -0.118. The Hall–Kier alpha value is -2.90. The van der Waals surface area contributed by atoms with E-state index < -0.39 is 5.91 Å². The molecule has 24 heavy (non-hydrogen) atoms. The minimum absolute atomic E-state index is 0.168. The Morgan fingerprint density at radius 3 is 2.50 bits per heavy atom. The van der Waals surface area contributed by atoms with Crippen molar-refractivity contribution in [2.45, 2.75) is 13.8 Å². The predicted octanol–water partition coefficient (Wildman–Crippen LogP) is 2.43. The fourth-order valence-corrected chi connectivity index (χ4v) is 1.75. The van der Waals surface area contributed by atoms with E-state index in [9.17, 15) is 9.18 Å². The number of hydrogen-bond donors (Lipinski definition) is 1. The van der Waals surface area contributed by atoms with Crippen molar-refractivity contribution in [3.05, 3.63) is 36.3 Å². The molecule has 0 aliphatic rings. The van der Waals surface area contributed by atoms with Crippen molar-refractivity contribution in [3.8, 4) is 17.6 Å². The molecule has 0 spiro atoms. The lowest BCUT2D eigenvalue weighted by Crippen LogP contribution is -2.21. The number of nitrogens with one attached hydrogen (secondary N) is 1. The summed E-state index contributed by atoms with van der Waals surface area (Å²) >= 11 is 0. The molecule has 2 aromatic rings. The highest BCUT2D eigenvalue weighted by atomic mass is 19.1. The number of amides is 1. The minimum Gasteiger partial charge on any atom is -0.484 e. The first kappa shape index (κ1) is 17.5. The number of carbonyl (C=O) groups excluding carboxylic acids is 1. The zero-order valence-electron chi connectivity index (χ0n) is 13.4. The number of nitrogens with zero attached hydrogens (tertiary/aromatic N) is 2. The maximum atomic E-state index is 12.8. The fourth-order valence-electron chi connectivity index (χ4n) is 1.75. The number of aromatic nitrogens is 2. The molecular formula is C16H18FN3O4. The average Bonchev–Trinajstić information content (AvgIpc) is 2.57. The smallest absolute Gasteiger partial charge is 0.319 e. The minimum atomic E-state index is -0.423. The largest absolute Gasteiger partial charge is 0.484 e. The molecule has 0 radical (unpaired) electrons. The maximum absolute atomic E-state index is 12.8. The monoisotopic (exact) mass is 335 g/mol. The van der Waals surface area contributed by atoms with Crippen LogP contribution >= 0.6 is 0 Å². The molecule has 0 unspecified atom stereocenters. The summed E-state index contributed by atoms with van der Waals surface area (Å²) in [5.41, 5.74) is 0.313. The van der Waals surface area contributed by atoms with Gasteiger partial charge in [-0.3, -0.25) is 4.79 Å². The van der Waals surface area contributed by atoms with Crippen molar-refractivity contribution in [2.24, 2.45) is 0 Å². The van der Waals surface area contributed by atoms with Crippen molar-refractivity contribution < 1.29 is 23.4 Å². The number of benzene rings is 1. The fraction of sp³-hybridized carbons (Fsp3) is 0.312. The second kappa shape index (κ2) is 8.66. The van der Waals surface area contributed by atoms with Crippen molar-refractivity contribution >= 4 is 11.6 Å². The predicted molar refractivity (Wildman–Crippen MR) is 84.9 cm³/mol. The Balaban J connectivity index is 1.98. The molecule has 0 aliphatic carbocycles. The second-order valence-corrected chi connectivity index (χ2v) is 4.53. The van der Waals surface area contributed by atoms with Crippen LogP contribution in [0.25, 0.3) is 0 Å². The van der Waals surface area contributed by atoms with Crippen LogP contribution in [0, 0.1) is 5.82 Å². The third-order valence-electron chi connectivity index (χ3n) is 2.74. The van der Waals surface area contributed by atoms with Crippen LogP contribution in [0.15, 0.2) is 30.5 Å². The third-order valence-corrected chi connectivity index (χ3v) is 2.74. The van der Waals surface area contributed by atoms with E-state index >= 15 is 0 Å². The van der Waals surface area contributed by atoms with Crippen molar-refractivity contribution in [1.29, 1.82) is 0 Å². The Morgan fingerprint density at radius 1 is 1.12 bits per heavy atom. The highest BCUT2D eigenvalue weighted by molar-refractivity contribution is 5.92. The summed E-state index contributed by atoms with van der Waals surface area (Å²) in [6.07, 6.45) is 1.40. The number of hydrogen-bond acceptors (Lipinski definition) is 6. The Labute approximate surface area is 138 Å². The highest BCUT2D eigenvalue weighted by Crippen LogP contribution is 2.23. The van der Waals surface area contributed by atoms with E-state index in [1.807, 2.05) is 6.92 Å². The average molecular weight is 335 g/mol. The third kappa shape index (κ3) is 5.08. The van der Waals surface area contributed by atoms with Gasteiger partial charge in [0.05, 0.1) is 19.4 Å². The topological polar surface area (TPSA) is 82.6 Å².